The van der Waals surface area contributed by atoms with E-state index in [0.717, 1.165) is 18.4 Å². The highest BCUT2D eigenvalue weighted by molar-refractivity contribution is 5.87. The summed E-state index contributed by atoms with van der Waals surface area (Å²) in [5.74, 6) is -0.888. The van der Waals surface area contributed by atoms with Gasteiger partial charge in [-0.3, -0.25) is 4.79 Å². The number of aryl methyl sites for hydroxylation is 1. The molecule has 0 heterocycles. The van der Waals surface area contributed by atoms with Crippen LogP contribution >= 0.6 is 0 Å². The molecule has 2 N–H and O–H groups in total. The Bertz CT molecular complexity index is 733. The van der Waals surface area contributed by atoms with Crippen LogP contribution in [0.5, 0.6) is 0 Å². The first-order chi connectivity index (χ1) is 12.1. The molecule has 0 unspecified atom stereocenters. The van der Waals surface area contributed by atoms with Crippen LogP contribution in [0.2, 0.25) is 0 Å². The van der Waals surface area contributed by atoms with Crippen molar-refractivity contribution in [2.24, 2.45) is 0 Å². The number of amides is 1. The van der Waals surface area contributed by atoms with Gasteiger partial charge in [-0.1, -0.05) is 48.9 Å². The Morgan fingerprint density at radius 2 is 1.68 bits per heavy atom. The molecule has 0 saturated heterocycles. The molecule has 2 aromatic carbocycles. The van der Waals surface area contributed by atoms with Crippen molar-refractivity contribution in [3.63, 3.8) is 0 Å². The van der Waals surface area contributed by atoms with Crippen molar-refractivity contribution in [2.75, 3.05) is 6.54 Å². The van der Waals surface area contributed by atoms with E-state index in [1.54, 1.807) is 24.3 Å². The Morgan fingerprint density at radius 3 is 2.24 bits per heavy atom. The van der Waals surface area contributed by atoms with Crippen LogP contribution in [0.15, 0.2) is 54.6 Å². The van der Waals surface area contributed by atoms with Crippen LogP contribution < -0.4 is 5.32 Å². The fourth-order valence-corrected chi connectivity index (χ4v) is 3.39. The molecule has 0 bridgehead atoms. The van der Waals surface area contributed by atoms with Crippen molar-refractivity contribution in [3.05, 3.63) is 71.3 Å². The lowest BCUT2D eigenvalue weighted by Crippen LogP contribution is -2.45. The summed E-state index contributed by atoms with van der Waals surface area (Å²) in [5.41, 5.74) is 2.65. The molecule has 0 radical (unpaired) electrons. The summed E-state index contributed by atoms with van der Waals surface area (Å²) in [7, 11) is 0. The Hall–Kier alpha value is -2.62. The van der Waals surface area contributed by atoms with Gasteiger partial charge in [0.05, 0.1) is 5.56 Å². The minimum absolute atomic E-state index is 0.0458. The van der Waals surface area contributed by atoms with Crippen molar-refractivity contribution in [3.8, 4) is 0 Å². The van der Waals surface area contributed by atoms with Crippen LogP contribution in [0.3, 0.4) is 0 Å². The molecular weight excluding hydrogens is 314 g/mol. The maximum Gasteiger partial charge on any atom is 0.335 e. The molecule has 0 atom stereocenters. The highest BCUT2D eigenvalue weighted by Gasteiger charge is 2.38. The third-order valence-corrected chi connectivity index (χ3v) is 5.16. The van der Waals surface area contributed by atoms with Crippen molar-refractivity contribution < 1.29 is 14.7 Å². The first-order valence-corrected chi connectivity index (χ1v) is 8.74. The van der Waals surface area contributed by atoms with Crippen molar-refractivity contribution in [1.82, 2.24) is 5.32 Å². The number of benzene rings is 2. The summed E-state index contributed by atoms with van der Waals surface area (Å²) in [6.45, 7) is 0.688. The Labute approximate surface area is 147 Å². The molecule has 1 aliphatic rings. The van der Waals surface area contributed by atoms with E-state index in [2.05, 4.69) is 29.6 Å². The van der Waals surface area contributed by atoms with E-state index < -0.39 is 5.97 Å². The van der Waals surface area contributed by atoms with Gasteiger partial charge in [0.15, 0.2) is 0 Å². The largest absolute Gasteiger partial charge is 0.478 e. The van der Waals surface area contributed by atoms with Gasteiger partial charge >= 0.3 is 5.97 Å². The molecule has 1 fully saturated rings. The average molecular weight is 337 g/mol. The Kier molecular flexibility index (Phi) is 5.17. The third kappa shape index (κ3) is 4.08. The van der Waals surface area contributed by atoms with Crippen LogP contribution in [0, 0.1) is 0 Å². The number of carbonyl (C=O) groups is 2. The zero-order valence-electron chi connectivity index (χ0n) is 14.2. The van der Waals surface area contributed by atoms with Crippen LogP contribution in [-0.4, -0.2) is 23.5 Å². The third-order valence-electron chi connectivity index (χ3n) is 5.16. The predicted octanol–water partition coefficient (Wildman–Crippen LogP) is 3.56. The molecular formula is C21H23NO3. The van der Waals surface area contributed by atoms with Gasteiger partial charge in [0.2, 0.25) is 5.91 Å². The number of nitrogens with one attached hydrogen (secondary N) is 1. The molecule has 1 saturated carbocycles. The SMILES string of the molecule is O=C(CCc1ccc(C(=O)O)cc1)NCC1(c2ccccc2)CCC1. The zero-order valence-corrected chi connectivity index (χ0v) is 14.2. The van der Waals surface area contributed by atoms with Gasteiger partial charge in [-0.05, 0) is 42.5 Å². The molecule has 130 valence electrons. The number of carboxylic acid groups (broad SMARTS) is 1. The fourth-order valence-electron chi connectivity index (χ4n) is 3.39. The van der Waals surface area contributed by atoms with Gasteiger partial charge < -0.3 is 10.4 Å². The van der Waals surface area contributed by atoms with Crippen LogP contribution in [-0.2, 0) is 16.6 Å². The molecule has 3 rings (SSSR count). The fraction of sp³-hybridized carbons (Fsp3) is 0.333. The summed E-state index contributed by atoms with van der Waals surface area (Å²) in [5, 5.41) is 12.0. The maximum absolute atomic E-state index is 12.2. The number of hydrogen-bond acceptors (Lipinski definition) is 2. The van der Waals surface area contributed by atoms with Crippen LogP contribution in [0.1, 0.15) is 47.2 Å². The summed E-state index contributed by atoms with van der Waals surface area (Å²) >= 11 is 0. The van der Waals surface area contributed by atoms with Gasteiger partial charge in [-0.25, -0.2) is 4.79 Å². The van der Waals surface area contributed by atoms with E-state index in [-0.39, 0.29) is 16.9 Å². The first-order valence-electron chi connectivity index (χ1n) is 8.74. The number of hydrogen-bond donors (Lipinski definition) is 2. The number of carboxylic acids is 1. The molecule has 0 aliphatic heterocycles. The van der Waals surface area contributed by atoms with Gasteiger partial charge in [0.1, 0.15) is 0 Å². The molecule has 0 spiro atoms. The molecule has 1 aliphatic carbocycles. The minimum atomic E-state index is -0.934. The van der Waals surface area contributed by atoms with Gasteiger partial charge in [0, 0.05) is 18.4 Å². The first kappa shape index (κ1) is 17.2. The smallest absolute Gasteiger partial charge is 0.335 e. The molecule has 4 heteroatoms. The highest BCUT2D eigenvalue weighted by Crippen LogP contribution is 2.43. The summed E-state index contributed by atoms with van der Waals surface area (Å²) in [6, 6.07) is 17.1. The average Bonchev–Trinajstić information content (AvgIpc) is 2.60. The summed E-state index contributed by atoms with van der Waals surface area (Å²) in [6.07, 6.45) is 4.48. The molecule has 4 nitrogen and oxygen atoms in total. The van der Waals surface area contributed by atoms with E-state index in [0.29, 0.717) is 19.4 Å². The summed E-state index contributed by atoms with van der Waals surface area (Å²) < 4.78 is 0. The van der Waals surface area contributed by atoms with E-state index in [4.69, 9.17) is 5.11 Å². The Morgan fingerprint density at radius 1 is 1.00 bits per heavy atom. The predicted molar refractivity (Wildman–Crippen MR) is 96.7 cm³/mol. The Balaban J connectivity index is 1.50. The second kappa shape index (κ2) is 7.51. The molecule has 2 aromatic rings. The zero-order chi connectivity index (χ0) is 17.7. The lowest BCUT2D eigenvalue weighted by atomic mass is 9.64. The number of carbonyl (C=O) groups excluding carboxylic acids is 1. The highest BCUT2D eigenvalue weighted by atomic mass is 16.4. The van der Waals surface area contributed by atoms with Gasteiger partial charge in [0.25, 0.3) is 0 Å². The van der Waals surface area contributed by atoms with E-state index in [1.807, 2.05) is 6.07 Å². The lowest BCUT2D eigenvalue weighted by molar-refractivity contribution is -0.121. The van der Waals surface area contributed by atoms with Crippen molar-refractivity contribution in [1.29, 1.82) is 0 Å². The normalized spacial score (nSPS) is 15.2. The van der Waals surface area contributed by atoms with E-state index >= 15 is 0 Å². The number of aromatic carboxylic acids is 1. The number of rotatable bonds is 7. The minimum Gasteiger partial charge on any atom is -0.478 e. The maximum atomic E-state index is 12.2. The topological polar surface area (TPSA) is 66.4 Å². The second-order valence-corrected chi connectivity index (χ2v) is 6.78. The van der Waals surface area contributed by atoms with Gasteiger partial charge in [-0.15, -0.1) is 0 Å². The van der Waals surface area contributed by atoms with Crippen LogP contribution in [0.4, 0.5) is 0 Å². The van der Waals surface area contributed by atoms with Crippen molar-refractivity contribution in [2.45, 2.75) is 37.5 Å². The van der Waals surface area contributed by atoms with Crippen LogP contribution in [0.25, 0.3) is 0 Å². The van der Waals surface area contributed by atoms with Crippen molar-refractivity contribution >= 4 is 11.9 Å². The van der Waals surface area contributed by atoms with E-state index in [9.17, 15) is 9.59 Å². The second-order valence-electron chi connectivity index (χ2n) is 6.78. The van der Waals surface area contributed by atoms with Gasteiger partial charge in [-0.2, -0.15) is 0 Å². The quantitative estimate of drug-likeness (QED) is 0.812. The van der Waals surface area contributed by atoms with E-state index in [1.165, 1.54) is 12.0 Å². The molecule has 1 amide bonds. The lowest BCUT2D eigenvalue weighted by Gasteiger charge is -2.42. The molecule has 0 aromatic heterocycles. The monoisotopic (exact) mass is 337 g/mol. The molecule has 25 heavy (non-hydrogen) atoms. The summed E-state index contributed by atoms with van der Waals surface area (Å²) in [4.78, 5) is 23.0. The standard InChI is InChI=1S/C21H23NO3/c23-19(12-9-16-7-10-17(11-8-16)20(24)25)22-15-21(13-4-14-21)18-5-2-1-3-6-18/h1-3,5-8,10-11H,4,9,12-15H2,(H,22,23)(H,24,25).